The van der Waals surface area contributed by atoms with Gasteiger partial charge in [0.2, 0.25) is 0 Å². The molecule has 6 nitrogen and oxygen atoms in total. The summed E-state index contributed by atoms with van der Waals surface area (Å²) >= 11 is 0. The van der Waals surface area contributed by atoms with Crippen molar-refractivity contribution in [2.45, 2.75) is 6.54 Å². The second-order valence-electron chi connectivity index (χ2n) is 4.26. The third kappa shape index (κ3) is 3.75. The molecule has 0 aliphatic carbocycles. The third-order valence-corrected chi connectivity index (χ3v) is 2.70. The lowest BCUT2D eigenvalue weighted by atomic mass is 10.1. The zero-order chi connectivity index (χ0) is 15.4. The van der Waals surface area contributed by atoms with Gasteiger partial charge in [0, 0.05) is 23.8 Å². The normalized spacial score (nSPS) is 10.9. The second kappa shape index (κ2) is 6.00. The molecule has 7 heteroatoms. The molecule has 0 saturated heterocycles. The van der Waals surface area contributed by atoms with E-state index in [0.29, 0.717) is 5.56 Å². The number of hydrogen-bond donors (Lipinski definition) is 2. The molecule has 0 spiro atoms. The molecule has 2 rings (SSSR count). The first-order valence-corrected chi connectivity index (χ1v) is 5.95. The molecule has 0 atom stereocenters. The Morgan fingerprint density at radius 3 is 2.76 bits per heavy atom. The summed E-state index contributed by atoms with van der Waals surface area (Å²) < 4.78 is 14.6. The lowest BCUT2D eigenvalue weighted by molar-refractivity contribution is -0.131. The molecule has 0 unspecified atom stereocenters. The van der Waals surface area contributed by atoms with E-state index < -0.39 is 22.9 Å². The Hall–Kier alpha value is -2.96. The van der Waals surface area contributed by atoms with E-state index in [1.165, 1.54) is 18.2 Å². The zero-order valence-electron chi connectivity index (χ0n) is 10.7. The summed E-state index contributed by atoms with van der Waals surface area (Å²) in [5, 5.41) is 10.9. The number of carboxylic acid groups (broad SMARTS) is 1. The van der Waals surface area contributed by atoms with Crippen LogP contribution in [0.2, 0.25) is 0 Å². The molecule has 0 fully saturated rings. The van der Waals surface area contributed by atoms with Crippen molar-refractivity contribution in [2.75, 3.05) is 0 Å². The summed E-state index contributed by atoms with van der Waals surface area (Å²) in [4.78, 5) is 33.2. The first-order valence-electron chi connectivity index (χ1n) is 5.95. The number of aromatic nitrogens is 2. The fourth-order valence-electron chi connectivity index (χ4n) is 1.74. The van der Waals surface area contributed by atoms with Gasteiger partial charge in [0.05, 0.1) is 6.54 Å². The van der Waals surface area contributed by atoms with Crippen molar-refractivity contribution in [3.8, 4) is 0 Å². The number of halogens is 1. The maximum absolute atomic E-state index is 13.5. The topological polar surface area (TPSA) is 92.2 Å². The average molecular weight is 290 g/mol. The molecule has 1 aromatic carbocycles. The van der Waals surface area contributed by atoms with Crippen molar-refractivity contribution in [3.63, 3.8) is 0 Å². The predicted octanol–water partition coefficient (Wildman–Crippen LogP) is 0.822. The predicted molar refractivity (Wildman–Crippen MR) is 73.5 cm³/mol. The Balaban J connectivity index is 2.35. The van der Waals surface area contributed by atoms with Crippen LogP contribution in [0.3, 0.4) is 0 Å². The van der Waals surface area contributed by atoms with Crippen LogP contribution in [0.5, 0.6) is 0 Å². The Morgan fingerprint density at radius 1 is 1.29 bits per heavy atom. The highest BCUT2D eigenvalue weighted by Crippen LogP contribution is 2.13. The molecular formula is C14H11FN2O4. The lowest BCUT2D eigenvalue weighted by Crippen LogP contribution is -2.28. The van der Waals surface area contributed by atoms with Gasteiger partial charge in [-0.25, -0.2) is 13.9 Å². The second-order valence-corrected chi connectivity index (χ2v) is 4.26. The molecule has 0 aliphatic heterocycles. The molecule has 1 heterocycles. The van der Waals surface area contributed by atoms with Crippen LogP contribution in [0.1, 0.15) is 11.1 Å². The molecule has 2 N–H and O–H groups in total. The average Bonchev–Trinajstić information content (AvgIpc) is 2.43. The van der Waals surface area contributed by atoms with Gasteiger partial charge in [-0.15, -0.1) is 0 Å². The maximum atomic E-state index is 13.5. The summed E-state index contributed by atoms with van der Waals surface area (Å²) in [6.07, 6.45) is 1.94. The number of carboxylic acids is 1. The number of rotatable bonds is 4. The van der Waals surface area contributed by atoms with Gasteiger partial charge in [0.25, 0.3) is 11.1 Å². The largest absolute Gasteiger partial charge is 0.478 e. The van der Waals surface area contributed by atoms with E-state index in [9.17, 15) is 18.8 Å². The van der Waals surface area contributed by atoms with Crippen molar-refractivity contribution in [1.29, 1.82) is 0 Å². The third-order valence-electron chi connectivity index (χ3n) is 2.70. The number of nitrogens with zero attached hydrogens (tertiary/aromatic N) is 1. The minimum Gasteiger partial charge on any atom is -0.478 e. The van der Waals surface area contributed by atoms with Gasteiger partial charge in [-0.3, -0.25) is 14.7 Å². The molecule has 0 amide bonds. The van der Waals surface area contributed by atoms with E-state index in [1.54, 1.807) is 0 Å². The number of aromatic amines is 1. The van der Waals surface area contributed by atoms with Gasteiger partial charge < -0.3 is 5.11 Å². The van der Waals surface area contributed by atoms with Crippen LogP contribution in [0.4, 0.5) is 4.39 Å². The van der Waals surface area contributed by atoms with Crippen LogP contribution >= 0.6 is 0 Å². The molecule has 108 valence electrons. The van der Waals surface area contributed by atoms with Gasteiger partial charge in [-0.1, -0.05) is 6.07 Å². The summed E-state index contributed by atoms with van der Waals surface area (Å²) in [6.45, 7) is 0.0447. The van der Waals surface area contributed by atoms with E-state index in [0.717, 1.165) is 29.0 Å². The van der Waals surface area contributed by atoms with E-state index in [-0.39, 0.29) is 12.1 Å². The molecule has 0 saturated carbocycles. The van der Waals surface area contributed by atoms with Crippen LogP contribution in [-0.4, -0.2) is 20.9 Å². The van der Waals surface area contributed by atoms with E-state index in [1.807, 2.05) is 0 Å². The van der Waals surface area contributed by atoms with E-state index in [2.05, 4.69) is 5.10 Å². The van der Waals surface area contributed by atoms with Gasteiger partial charge in [-0.2, -0.15) is 0 Å². The summed E-state index contributed by atoms with van der Waals surface area (Å²) in [5.41, 5.74) is -0.198. The molecular weight excluding hydrogens is 279 g/mol. The van der Waals surface area contributed by atoms with Crippen LogP contribution < -0.4 is 11.1 Å². The van der Waals surface area contributed by atoms with Crippen molar-refractivity contribution >= 4 is 12.0 Å². The fraction of sp³-hybridized carbons (Fsp3) is 0.0714. The van der Waals surface area contributed by atoms with Gasteiger partial charge in [0.1, 0.15) is 5.82 Å². The molecule has 1 aromatic heterocycles. The summed E-state index contributed by atoms with van der Waals surface area (Å²) in [5.74, 6) is -1.77. The fourth-order valence-corrected chi connectivity index (χ4v) is 1.74. The Bertz CT molecular complexity index is 820. The van der Waals surface area contributed by atoms with Gasteiger partial charge in [-0.05, 0) is 23.8 Å². The monoisotopic (exact) mass is 290 g/mol. The Morgan fingerprint density at radius 2 is 2.05 bits per heavy atom. The first-order chi connectivity index (χ1) is 9.95. The number of nitrogens with one attached hydrogen (secondary N) is 1. The molecule has 0 radical (unpaired) electrons. The van der Waals surface area contributed by atoms with E-state index >= 15 is 0 Å². The quantitative estimate of drug-likeness (QED) is 0.815. The molecule has 0 bridgehead atoms. The van der Waals surface area contributed by atoms with Crippen LogP contribution in [0.15, 0.2) is 46.0 Å². The maximum Gasteiger partial charge on any atom is 0.328 e. The van der Waals surface area contributed by atoms with Crippen molar-refractivity contribution in [2.24, 2.45) is 0 Å². The van der Waals surface area contributed by atoms with Crippen LogP contribution in [0, 0.1) is 5.82 Å². The Kier molecular flexibility index (Phi) is 4.13. The SMILES string of the molecule is O=C(O)C=Cc1cc(Cn2[nH]c(=O)ccc2=O)ccc1F. The molecule has 0 aliphatic rings. The van der Waals surface area contributed by atoms with Crippen molar-refractivity contribution in [3.05, 3.63) is 74.1 Å². The van der Waals surface area contributed by atoms with Gasteiger partial charge >= 0.3 is 5.97 Å². The first kappa shape index (κ1) is 14.4. The highest BCUT2D eigenvalue weighted by Gasteiger charge is 2.04. The van der Waals surface area contributed by atoms with Crippen molar-refractivity contribution < 1.29 is 14.3 Å². The van der Waals surface area contributed by atoms with Crippen molar-refractivity contribution in [1.82, 2.24) is 9.78 Å². The summed E-state index contributed by atoms with van der Waals surface area (Å²) in [7, 11) is 0. The number of benzene rings is 1. The molecule has 21 heavy (non-hydrogen) atoms. The standard InChI is InChI=1S/C14H11FN2O4/c15-11-3-1-9(7-10(11)2-6-14(20)21)8-17-13(19)5-4-12(18)16-17/h1-7H,8H2,(H,16,18)(H,20,21). The molecule has 2 aromatic rings. The Labute approximate surface area is 117 Å². The highest BCUT2D eigenvalue weighted by atomic mass is 19.1. The minimum absolute atomic E-state index is 0.0447. The smallest absolute Gasteiger partial charge is 0.328 e. The zero-order valence-corrected chi connectivity index (χ0v) is 10.7. The van der Waals surface area contributed by atoms with Crippen LogP contribution in [-0.2, 0) is 11.3 Å². The minimum atomic E-state index is -1.19. The number of hydrogen-bond acceptors (Lipinski definition) is 3. The number of aliphatic carboxylic acids is 1. The number of carbonyl (C=O) groups is 1. The lowest BCUT2D eigenvalue weighted by Gasteiger charge is -2.06. The highest BCUT2D eigenvalue weighted by molar-refractivity contribution is 5.85. The summed E-state index contributed by atoms with van der Waals surface area (Å²) in [6, 6.07) is 6.28. The van der Waals surface area contributed by atoms with Gasteiger partial charge in [0.15, 0.2) is 0 Å². The van der Waals surface area contributed by atoms with Crippen LogP contribution in [0.25, 0.3) is 6.08 Å². The number of H-pyrrole nitrogens is 1. The van der Waals surface area contributed by atoms with E-state index in [4.69, 9.17) is 5.11 Å².